The van der Waals surface area contributed by atoms with Gasteiger partial charge in [0, 0.05) is 17.0 Å². The van der Waals surface area contributed by atoms with Crippen molar-refractivity contribution < 1.29 is 14.3 Å². The molecule has 0 aliphatic carbocycles. The van der Waals surface area contributed by atoms with Crippen molar-refractivity contribution >= 4 is 29.0 Å². The van der Waals surface area contributed by atoms with E-state index in [1.807, 2.05) is 38.4 Å². The highest BCUT2D eigenvalue weighted by Crippen LogP contribution is 2.39. The summed E-state index contributed by atoms with van der Waals surface area (Å²) in [7, 11) is 4.02. The Balaban J connectivity index is 2.26. The zero-order chi connectivity index (χ0) is 18.4. The highest BCUT2D eigenvalue weighted by molar-refractivity contribution is 7.18. The number of carbonyl (C=O) groups excluding carboxylic acids is 2. The first-order valence-corrected chi connectivity index (χ1v) is 8.57. The van der Waals surface area contributed by atoms with E-state index < -0.39 is 11.9 Å². The number of urea groups is 1. The third-order valence-electron chi connectivity index (χ3n) is 3.37. The Kier molecular flexibility index (Phi) is 6.37. The van der Waals surface area contributed by atoms with Crippen LogP contribution in [-0.2, 0) is 0 Å². The minimum atomic E-state index is -0.750. The standard InChI is InChI=1S/C17H22N4O3S/c1-21(2)8-5-9-24-13-7-4-3-6-11(13)14-10-12(20-17(19)23)15(25-14)16(18)22/h3-4,6-7,10H,5,8-9H2,1-2H3,(H2,18,22)(H3,19,20,23). The van der Waals surface area contributed by atoms with Crippen molar-refractivity contribution in [2.45, 2.75) is 6.42 Å². The van der Waals surface area contributed by atoms with Crippen LogP contribution in [0.15, 0.2) is 30.3 Å². The van der Waals surface area contributed by atoms with Crippen LogP contribution in [-0.4, -0.2) is 44.1 Å². The Hall–Kier alpha value is -2.58. The molecule has 3 amide bonds. The number of benzene rings is 1. The molecular formula is C17H22N4O3S. The maximum absolute atomic E-state index is 11.6. The number of nitrogens with one attached hydrogen (secondary N) is 1. The lowest BCUT2D eigenvalue weighted by atomic mass is 10.1. The van der Waals surface area contributed by atoms with Crippen molar-refractivity contribution in [3.05, 3.63) is 35.2 Å². The Morgan fingerprint density at radius 2 is 1.96 bits per heavy atom. The molecule has 0 spiro atoms. The van der Waals surface area contributed by atoms with E-state index >= 15 is 0 Å². The zero-order valence-electron chi connectivity index (χ0n) is 14.2. The smallest absolute Gasteiger partial charge is 0.316 e. The third kappa shape index (κ3) is 5.20. The SMILES string of the molecule is CN(C)CCCOc1ccccc1-c1cc(NC(N)=O)c(C(N)=O)s1. The van der Waals surface area contributed by atoms with Crippen molar-refractivity contribution in [1.29, 1.82) is 0 Å². The maximum Gasteiger partial charge on any atom is 0.316 e. The number of thiophene rings is 1. The molecule has 8 heteroatoms. The Bertz CT molecular complexity index is 758. The van der Waals surface area contributed by atoms with Crippen LogP contribution in [0.4, 0.5) is 10.5 Å². The summed E-state index contributed by atoms with van der Waals surface area (Å²) in [4.78, 5) is 25.8. The van der Waals surface area contributed by atoms with E-state index in [0.717, 1.165) is 23.4 Å². The van der Waals surface area contributed by atoms with Crippen molar-refractivity contribution in [3.63, 3.8) is 0 Å². The Labute approximate surface area is 150 Å². The molecule has 0 saturated carbocycles. The Morgan fingerprint density at radius 1 is 1.24 bits per heavy atom. The number of amides is 3. The van der Waals surface area contributed by atoms with Gasteiger partial charge in [-0.25, -0.2) is 4.79 Å². The first kappa shape index (κ1) is 18.8. The van der Waals surface area contributed by atoms with Crippen molar-refractivity contribution in [1.82, 2.24) is 4.90 Å². The number of hydrogen-bond donors (Lipinski definition) is 3. The van der Waals surface area contributed by atoms with E-state index in [0.29, 0.717) is 18.0 Å². The summed E-state index contributed by atoms with van der Waals surface area (Å²) in [6, 6.07) is 8.46. The second-order valence-electron chi connectivity index (χ2n) is 5.71. The van der Waals surface area contributed by atoms with Gasteiger partial charge >= 0.3 is 6.03 Å². The molecule has 7 nitrogen and oxygen atoms in total. The maximum atomic E-state index is 11.6. The molecule has 0 unspecified atom stereocenters. The van der Waals surface area contributed by atoms with Gasteiger partial charge in [0.2, 0.25) is 0 Å². The molecule has 1 aromatic carbocycles. The molecule has 0 aliphatic heterocycles. The second kappa shape index (κ2) is 8.50. The normalized spacial score (nSPS) is 10.7. The second-order valence-corrected chi connectivity index (χ2v) is 6.76. The van der Waals surface area contributed by atoms with Gasteiger partial charge in [-0.05, 0) is 38.7 Å². The van der Waals surface area contributed by atoms with Crippen molar-refractivity contribution in [2.75, 3.05) is 32.6 Å². The molecule has 0 fully saturated rings. The highest BCUT2D eigenvalue weighted by Gasteiger charge is 2.18. The van der Waals surface area contributed by atoms with E-state index in [1.165, 1.54) is 11.3 Å². The minimum Gasteiger partial charge on any atom is -0.493 e. The highest BCUT2D eigenvalue weighted by atomic mass is 32.1. The van der Waals surface area contributed by atoms with Gasteiger partial charge in [0.15, 0.2) is 0 Å². The molecular weight excluding hydrogens is 340 g/mol. The van der Waals surface area contributed by atoms with Crippen LogP contribution in [0.25, 0.3) is 10.4 Å². The number of nitrogens with two attached hydrogens (primary N) is 2. The largest absolute Gasteiger partial charge is 0.493 e. The summed E-state index contributed by atoms with van der Waals surface area (Å²) in [5.41, 5.74) is 11.7. The lowest BCUT2D eigenvalue weighted by molar-refractivity contribution is 0.100. The van der Waals surface area contributed by atoms with Gasteiger partial charge in [-0.15, -0.1) is 11.3 Å². The Morgan fingerprint density at radius 3 is 2.60 bits per heavy atom. The number of anilines is 1. The fourth-order valence-electron chi connectivity index (χ4n) is 2.29. The first-order chi connectivity index (χ1) is 11.9. The van der Waals surface area contributed by atoms with E-state index in [4.69, 9.17) is 16.2 Å². The number of nitrogens with zero attached hydrogens (tertiary/aromatic N) is 1. The van der Waals surface area contributed by atoms with E-state index in [2.05, 4.69) is 10.2 Å². The average Bonchev–Trinajstić information content (AvgIpc) is 2.95. The van der Waals surface area contributed by atoms with E-state index in [-0.39, 0.29) is 4.88 Å². The summed E-state index contributed by atoms with van der Waals surface area (Å²) < 4.78 is 5.88. The predicted molar refractivity (Wildman–Crippen MR) is 100 cm³/mol. The third-order valence-corrected chi connectivity index (χ3v) is 4.56. The summed E-state index contributed by atoms with van der Waals surface area (Å²) in [5, 5.41) is 2.43. The number of rotatable bonds is 8. The van der Waals surface area contributed by atoms with Gasteiger partial charge in [-0.1, -0.05) is 12.1 Å². The quantitative estimate of drug-likeness (QED) is 0.626. The fraction of sp³-hybridized carbons (Fsp3) is 0.294. The molecule has 25 heavy (non-hydrogen) atoms. The van der Waals surface area contributed by atoms with Crippen LogP contribution in [0.5, 0.6) is 5.75 Å². The summed E-state index contributed by atoms with van der Waals surface area (Å²) >= 11 is 1.19. The van der Waals surface area contributed by atoms with Gasteiger partial charge in [-0.2, -0.15) is 0 Å². The predicted octanol–water partition coefficient (Wildman–Crippen LogP) is 2.34. The van der Waals surface area contributed by atoms with E-state index in [9.17, 15) is 9.59 Å². The lowest BCUT2D eigenvalue weighted by Gasteiger charge is -2.12. The molecule has 5 N–H and O–H groups in total. The average molecular weight is 362 g/mol. The topological polar surface area (TPSA) is 111 Å². The number of carbonyl (C=O) groups is 2. The summed E-state index contributed by atoms with van der Waals surface area (Å²) in [6.45, 7) is 1.51. The molecule has 0 bridgehead atoms. The van der Waals surface area contributed by atoms with Crippen LogP contribution >= 0.6 is 11.3 Å². The number of primary amides is 2. The monoisotopic (exact) mass is 362 g/mol. The summed E-state index contributed by atoms with van der Waals surface area (Å²) in [6.07, 6.45) is 0.896. The van der Waals surface area contributed by atoms with Gasteiger partial charge in [0.05, 0.1) is 12.3 Å². The van der Waals surface area contributed by atoms with Gasteiger partial charge in [0.25, 0.3) is 5.91 Å². The number of hydrogen-bond acceptors (Lipinski definition) is 5. The van der Waals surface area contributed by atoms with Gasteiger partial charge in [-0.3, -0.25) is 4.79 Å². The molecule has 1 aromatic heterocycles. The molecule has 0 aliphatic rings. The molecule has 0 atom stereocenters. The molecule has 134 valence electrons. The van der Waals surface area contributed by atoms with Crippen LogP contribution in [0, 0.1) is 0 Å². The number of ether oxygens (including phenoxy) is 1. The van der Waals surface area contributed by atoms with Crippen molar-refractivity contribution in [2.24, 2.45) is 11.5 Å². The van der Waals surface area contributed by atoms with Crippen LogP contribution in [0.1, 0.15) is 16.1 Å². The first-order valence-electron chi connectivity index (χ1n) is 7.75. The molecule has 1 heterocycles. The van der Waals surface area contributed by atoms with Crippen molar-refractivity contribution in [3.8, 4) is 16.2 Å². The molecule has 0 radical (unpaired) electrons. The van der Waals surface area contributed by atoms with Crippen LogP contribution in [0.2, 0.25) is 0 Å². The minimum absolute atomic E-state index is 0.246. The molecule has 2 rings (SSSR count). The number of para-hydroxylation sites is 1. The molecule has 0 saturated heterocycles. The lowest BCUT2D eigenvalue weighted by Crippen LogP contribution is -2.21. The van der Waals surface area contributed by atoms with Crippen LogP contribution in [0.3, 0.4) is 0 Å². The zero-order valence-corrected chi connectivity index (χ0v) is 15.1. The van der Waals surface area contributed by atoms with Gasteiger partial charge in [0.1, 0.15) is 10.6 Å². The van der Waals surface area contributed by atoms with Crippen LogP contribution < -0.4 is 21.5 Å². The molecule has 2 aromatic rings. The van der Waals surface area contributed by atoms with E-state index in [1.54, 1.807) is 6.07 Å². The fourth-order valence-corrected chi connectivity index (χ4v) is 3.29. The summed E-state index contributed by atoms with van der Waals surface area (Å²) in [5.74, 6) is 0.0912. The van der Waals surface area contributed by atoms with Gasteiger partial charge < -0.3 is 26.4 Å².